The van der Waals surface area contributed by atoms with Gasteiger partial charge in [0.2, 0.25) is 5.91 Å². The number of carbonyl (C=O) groups excluding carboxylic acids is 2. The number of benzene rings is 1. The van der Waals surface area contributed by atoms with E-state index in [0.29, 0.717) is 13.0 Å². The number of halogens is 1. The van der Waals surface area contributed by atoms with E-state index in [1.807, 2.05) is 4.90 Å². The molecule has 1 amide bonds. The number of hydrogen-bond donors (Lipinski definition) is 0. The lowest BCUT2D eigenvalue weighted by molar-refractivity contribution is -0.129. The van der Waals surface area contributed by atoms with Crippen LogP contribution < -0.4 is 0 Å². The second-order valence-corrected chi connectivity index (χ2v) is 6.45. The van der Waals surface area contributed by atoms with E-state index in [-0.39, 0.29) is 30.3 Å². The van der Waals surface area contributed by atoms with E-state index >= 15 is 0 Å². The summed E-state index contributed by atoms with van der Waals surface area (Å²) in [5, 5.41) is 0. The Kier molecular flexibility index (Phi) is 5.65. The van der Waals surface area contributed by atoms with E-state index in [9.17, 15) is 14.0 Å². The third kappa shape index (κ3) is 3.92. The van der Waals surface area contributed by atoms with Gasteiger partial charge in [-0.3, -0.25) is 4.79 Å². The van der Waals surface area contributed by atoms with Gasteiger partial charge in [-0.05, 0) is 24.1 Å². The van der Waals surface area contributed by atoms with E-state index < -0.39 is 6.09 Å². The molecule has 0 saturated carbocycles. The van der Waals surface area contributed by atoms with Crippen molar-refractivity contribution in [1.82, 2.24) is 14.5 Å². The van der Waals surface area contributed by atoms with Crippen molar-refractivity contribution < 1.29 is 18.7 Å². The van der Waals surface area contributed by atoms with Gasteiger partial charge in [-0.25, -0.2) is 18.7 Å². The van der Waals surface area contributed by atoms with Gasteiger partial charge >= 0.3 is 6.09 Å². The number of hydrogen-bond acceptors (Lipinski definition) is 4. The Morgan fingerprint density at radius 2 is 2.12 bits per heavy atom. The standard InChI is InChI=1S/C19H22FN3O3/c1-2-3-9-23-17(24)11-15(12-26-19(25)22-10-8-21-13-22)18(23)14-4-6-16(20)7-5-14/h4-8,10,13,15,18H,2-3,9,11-12H2,1H3. The molecule has 1 aromatic carbocycles. The molecule has 1 saturated heterocycles. The van der Waals surface area contributed by atoms with E-state index in [1.54, 1.807) is 12.1 Å². The van der Waals surface area contributed by atoms with Gasteiger partial charge in [0.1, 0.15) is 12.1 Å². The Hall–Kier alpha value is -2.70. The van der Waals surface area contributed by atoms with Crippen molar-refractivity contribution in [2.45, 2.75) is 32.2 Å². The van der Waals surface area contributed by atoms with Gasteiger partial charge in [-0.15, -0.1) is 0 Å². The number of nitrogens with zero attached hydrogens (tertiary/aromatic N) is 3. The van der Waals surface area contributed by atoms with Crippen LogP contribution in [0.1, 0.15) is 37.8 Å². The highest BCUT2D eigenvalue weighted by atomic mass is 19.1. The molecule has 1 aliphatic heterocycles. The first kappa shape index (κ1) is 18.1. The molecule has 26 heavy (non-hydrogen) atoms. The van der Waals surface area contributed by atoms with Crippen LogP contribution in [0.2, 0.25) is 0 Å². The molecule has 0 aliphatic carbocycles. The molecule has 0 spiro atoms. The summed E-state index contributed by atoms with van der Waals surface area (Å²) in [6, 6.07) is 5.96. The maximum atomic E-state index is 13.3. The fourth-order valence-electron chi connectivity index (χ4n) is 3.34. The van der Waals surface area contributed by atoms with Crippen LogP contribution in [-0.4, -0.2) is 39.6 Å². The predicted octanol–water partition coefficient (Wildman–Crippen LogP) is 3.40. The maximum absolute atomic E-state index is 13.3. The monoisotopic (exact) mass is 359 g/mol. The summed E-state index contributed by atoms with van der Waals surface area (Å²) in [5.74, 6) is -0.449. The average molecular weight is 359 g/mol. The molecule has 2 heterocycles. The van der Waals surface area contributed by atoms with Crippen molar-refractivity contribution in [2.24, 2.45) is 5.92 Å². The number of aromatic nitrogens is 2. The van der Waals surface area contributed by atoms with Gasteiger partial charge in [0.15, 0.2) is 0 Å². The largest absolute Gasteiger partial charge is 0.448 e. The number of unbranched alkanes of at least 4 members (excludes halogenated alkanes) is 1. The molecule has 1 fully saturated rings. The normalized spacial score (nSPS) is 19.8. The molecule has 2 unspecified atom stereocenters. The number of carbonyl (C=O) groups is 2. The number of likely N-dealkylation sites (tertiary alicyclic amines) is 1. The lowest BCUT2D eigenvalue weighted by Crippen LogP contribution is -2.31. The van der Waals surface area contributed by atoms with Gasteiger partial charge in [-0.1, -0.05) is 25.5 Å². The second-order valence-electron chi connectivity index (χ2n) is 6.45. The van der Waals surface area contributed by atoms with Crippen molar-refractivity contribution >= 4 is 12.0 Å². The van der Waals surface area contributed by atoms with Gasteiger partial charge in [0, 0.05) is 31.3 Å². The second kappa shape index (κ2) is 8.12. The van der Waals surface area contributed by atoms with Crippen LogP contribution in [0.4, 0.5) is 9.18 Å². The van der Waals surface area contributed by atoms with Crippen molar-refractivity contribution in [3.63, 3.8) is 0 Å². The Morgan fingerprint density at radius 3 is 2.77 bits per heavy atom. The van der Waals surface area contributed by atoms with Crippen LogP contribution >= 0.6 is 0 Å². The van der Waals surface area contributed by atoms with Crippen LogP contribution in [0.5, 0.6) is 0 Å². The van der Waals surface area contributed by atoms with Crippen molar-refractivity contribution in [3.05, 3.63) is 54.4 Å². The van der Waals surface area contributed by atoms with Crippen LogP contribution in [0.15, 0.2) is 43.0 Å². The van der Waals surface area contributed by atoms with Crippen molar-refractivity contribution in [1.29, 1.82) is 0 Å². The highest BCUT2D eigenvalue weighted by molar-refractivity contribution is 5.80. The van der Waals surface area contributed by atoms with Gasteiger partial charge in [-0.2, -0.15) is 0 Å². The molecule has 7 heteroatoms. The number of imidazole rings is 1. The van der Waals surface area contributed by atoms with Crippen LogP contribution in [0.25, 0.3) is 0 Å². The molecular formula is C19H22FN3O3. The SMILES string of the molecule is CCCCN1C(=O)CC(COC(=O)n2ccnc2)C1c1ccc(F)cc1. The summed E-state index contributed by atoms with van der Waals surface area (Å²) in [6.07, 6.45) is 6.02. The molecule has 138 valence electrons. The fourth-order valence-corrected chi connectivity index (χ4v) is 3.34. The molecule has 0 bridgehead atoms. The summed E-state index contributed by atoms with van der Waals surface area (Å²) in [4.78, 5) is 30.2. The Balaban J connectivity index is 1.76. The summed E-state index contributed by atoms with van der Waals surface area (Å²) in [6.45, 7) is 2.83. The summed E-state index contributed by atoms with van der Waals surface area (Å²) in [7, 11) is 0. The first-order valence-corrected chi connectivity index (χ1v) is 8.80. The highest BCUT2D eigenvalue weighted by Gasteiger charge is 2.40. The average Bonchev–Trinajstić information content (AvgIpc) is 3.27. The first-order valence-electron chi connectivity index (χ1n) is 8.80. The smallest absolute Gasteiger partial charge is 0.419 e. The number of ether oxygens (including phenoxy) is 1. The molecule has 0 radical (unpaired) electrons. The minimum atomic E-state index is -0.528. The highest BCUT2D eigenvalue weighted by Crippen LogP contribution is 2.38. The quantitative estimate of drug-likeness (QED) is 0.793. The molecule has 6 nitrogen and oxygen atoms in total. The topological polar surface area (TPSA) is 64.4 Å². The third-order valence-electron chi connectivity index (χ3n) is 4.64. The zero-order valence-corrected chi connectivity index (χ0v) is 14.7. The van der Waals surface area contributed by atoms with Crippen LogP contribution in [-0.2, 0) is 9.53 Å². The summed E-state index contributed by atoms with van der Waals surface area (Å²) < 4.78 is 19.9. The summed E-state index contributed by atoms with van der Waals surface area (Å²) in [5.41, 5.74) is 0.858. The van der Waals surface area contributed by atoms with Gasteiger partial charge in [0.25, 0.3) is 0 Å². The molecule has 1 aromatic heterocycles. The van der Waals surface area contributed by atoms with Crippen molar-refractivity contribution in [3.8, 4) is 0 Å². The van der Waals surface area contributed by atoms with E-state index in [2.05, 4.69) is 11.9 Å². The van der Waals surface area contributed by atoms with E-state index in [1.165, 1.54) is 35.4 Å². The lowest BCUT2D eigenvalue weighted by atomic mass is 9.94. The molecule has 2 atom stereocenters. The Bertz CT molecular complexity index is 746. The molecule has 1 aliphatic rings. The van der Waals surface area contributed by atoms with Crippen LogP contribution in [0.3, 0.4) is 0 Å². The first-order chi connectivity index (χ1) is 12.6. The fraction of sp³-hybridized carbons (Fsp3) is 0.421. The molecule has 0 N–H and O–H groups in total. The molecule has 2 aromatic rings. The molecule has 3 rings (SSSR count). The maximum Gasteiger partial charge on any atom is 0.419 e. The Labute approximate surface area is 151 Å². The predicted molar refractivity (Wildman–Crippen MR) is 92.8 cm³/mol. The zero-order valence-electron chi connectivity index (χ0n) is 14.7. The lowest BCUT2D eigenvalue weighted by Gasteiger charge is -2.28. The zero-order chi connectivity index (χ0) is 18.5. The summed E-state index contributed by atoms with van der Waals surface area (Å²) >= 11 is 0. The van der Waals surface area contributed by atoms with Gasteiger partial charge in [0.05, 0.1) is 12.6 Å². The van der Waals surface area contributed by atoms with Gasteiger partial charge < -0.3 is 9.64 Å². The Morgan fingerprint density at radius 1 is 1.35 bits per heavy atom. The van der Waals surface area contributed by atoms with E-state index in [0.717, 1.165) is 18.4 Å². The minimum Gasteiger partial charge on any atom is -0.448 e. The number of amides is 1. The molecular weight excluding hydrogens is 337 g/mol. The third-order valence-corrected chi connectivity index (χ3v) is 4.64. The van der Waals surface area contributed by atoms with Crippen LogP contribution in [0, 0.1) is 11.7 Å². The number of rotatable bonds is 6. The van der Waals surface area contributed by atoms with E-state index in [4.69, 9.17) is 4.74 Å². The van der Waals surface area contributed by atoms with Crippen molar-refractivity contribution in [2.75, 3.05) is 13.2 Å². The minimum absolute atomic E-state index is 0.0384.